The number of hydrogen-bond acceptors (Lipinski definition) is 4. The van der Waals surface area contributed by atoms with E-state index in [1.165, 1.54) is 24.0 Å². The molecule has 0 bridgehead atoms. The molecule has 0 aromatic heterocycles. The van der Waals surface area contributed by atoms with Crippen molar-refractivity contribution >= 4 is 17.4 Å². The third-order valence-electron chi connectivity index (χ3n) is 3.56. The molecule has 6 nitrogen and oxygen atoms in total. The maximum atomic E-state index is 11.9. The molecule has 0 radical (unpaired) electrons. The van der Waals surface area contributed by atoms with Crippen LogP contribution in [0.4, 0.5) is 5.69 Å². The predicted molar refractivity (Wildman–Crippen MR) is 83.5 cm³/mol. The van der Waals surface area contributed by atoms with Gasteiger partial charge < -0.3 is 4.90 Å². The summed E-state index contributed by atoms with van der Waals surface area (Å²) in [5.41, 5.74) is 0.794. The summed E-state index contributed by atoms with van der Waals surface area (Å²) in [4.78, 5) is 35.5. The summed E-state index contributed by atoms with van der Waals surface area (Å²) < 4.78 is 0. The molecule has 0 aliphatic carbocycles. The van der Waals surface area contributed by atoms with Gasteiger partial charge in [0.1, 0.15) is 0 Å². The van der Waals surface area contributed by atoms with Crippen LogP contribution in [0.3, 0.4) is 0 Å². The van der Waals surface area contributed by atoms with Crippen LogP contribution in [0.2, 0.25) is 0 Å². The molecule has 0 aliphatic rings. The summed E-state index contributed by atoms with van der Waals surface area (Å²) in [5, 5.41) is 10.8. The number of hydrogen-bond donors (Lipinski definition) is 0. The van der Waals surface area contributed by atoms with E-state index in [4.69, 9.17) is 0 Å². The number of nitro groups is 1. The second kappa shape index (κ2) is 7.68. The van der Waals surface area contributed by atoms with E-state index < -0.39 is 4.92 Å². The second-order valence-corrected chi connectivity index (χ2v) is 5.75. The number of non-ortho nitro benzene ring substituents is 1. The highest BCUT2D eigenvalue weighted by atomic mass is 16.6. The molecule has 0 N–H and O–H groups in total. The minimum Gasteiger partial charge on any atom is -0.333 e. The lowest BCUT2D eigenvalue weighted by atomic mass is 10.0. The first-order valence-electron chi connectivity index (χ1n) is 7.25. The van der Waals surface area contributed by atoms with Gasteiger partial charge in [0.15, 0.2) is 5.78 Å². The smallest absolute Gasteiger partial charge is 0.269 e. The molecule has 1 atom stereocenters. The van der Waals surface area contributed by atoms with Gasteiger partial charge in [0.25, 0.3) is 5.69 Å². The molecule has 0 aliphatic heterocycles. The van der Waals surface area contributed by atoms with Gasteiger partial charge in [-0.15, -0.1) is 0 Å². The minimum atomic E-state index is -0.445. The van der Waals surface area contributed by atoms with Crippen molar-refractivity contribution in [3.05, 3.63) is 39.9 Å². The predicted octanol–water partition coefficient (Wildman–Crippen LogP) is 2.60. The van der Waals surface area contributed by atoms with E-state index >= 15 is 0 Å². The lowest BCUT2D eigenvalue weighted by Crippen LogP contribution is -2.42. The second-order valence-electron chi connectivity index (χ2n) is 5.75. The molecule has 1 unspecified atom stereocenters. The minimum absolute atomic E-state index is 0.00101. The van der Waals surface area contributed by atoms with Crippen LogP contribution in [0.25, 0.3) is 0 Å². The highest BCUT2D eigenvalue weighted by molar-refractivity contribution is 5.86. The topological polar surface area (TPSA) is 80.5 Å². The van der Waals surface area contributed by atoms with E-state index in [0.29, 0.717) is 6.42 Å². The normalized spacial score (nSPS) is 12.0. The zero-order valence-electron chi connectivity index (χ0n) is 13.4. The zero-order valence-corrected chi connectivity index (χ0v) is 13.4. The van der Waals surface area contributed by atoms with Crippen molar-refractivity contribution in [3.8, 4) is 0 Å². The Bertz CT molecular complexity index is 569. The third kappa shape index (κ3) is 4.95. The van der Waals surface area contributed by atoms with Crippen LogP contribution in [0.5, 0.6) is 0 Å². The van der Waals surface area contributed by atoms with Crippen molar-refractivity contribution in [2.45, 2.75) is 40.2 Å². The fourth-order valence-corrected chi connectivity index (χ4v) is 2.18. The molecule has 0 saturated heterocycles. The first-order valence-corrected chi connectivity index (χ1v) is 7.25. The average Bonchev–Trinajstić information content (AvgIpc) is 2.43. The Kier molecular flexibility index (Phi) is 6.22. The van der Waals surface area contributed by atoms with Crippen LogP contribution in [-0.2, 0) is 16.0 Å². The van der Waals surface area contributed by atoms with E-state index in [1.54, 1.807) is 26.0 Å². The number of carbonyl (C=O) groups excluding carboxylic acids is 2. The zero-order chi connectivity index (χ0) is 16.9. The summed E-state index contributed by atoms with van der Waals surface area (Å²) >= 11 is 0. The van der Waals surface area contributed by atoms with Gasteiger partial charge in [-0.3, -0.25) is 19.7 Å². The van der Waals surface area contributed by atoms with E-state index in [0.717, 1.165) is 5.56 Å². The summed E-state index contributed by atoms with van der Waals surface area (Å²) in [6, 6.07) is 6.13. The molecule has 0 saturated carbocycles. The van der Waals surface area contributed by atoms with E-state index in [1.807, 2.05) is 6.92 Å². The summed E-state index contributed by atoms with van der Waals surface area (Å²) in [7, 11) is 0. The molecule has 6 heteroatoms. The standard InChI is InChI=1S/C16H22N2O4/c1-11(2)16(20)10-17(13(4)19)12(3)8-14-6-5-7-15(9-14)18(21)22/h5-7,9,11-12H,8,10H2,1-4H3. The van der Waals surface area contributed by atoms with Crippen LogP contribution >= 0.6 is 0 Å². The summed E-state index contributed by atoms with van der Waals surface area (Å²) in [6.07, 6.45) is 0.465. The Balaban J connectivity index is 2.85. The SMILES string of the molecule is CC(=O)N(CC(=O)C(C)C)C(C)Cc1cccc([N+](=O)[O-])c1. The highest BCUT2D eigenvalue weighted by Gasteiger charge is 2.22. The number of amides is 1. The molecular weight excluding hydrogens is 284 g/mol. The van der Waals surface area contributed by atoms with Gasteiger partial charge in [0.2, 0.25) is 5.91 Å². The lowest BCUT2D eigenvalue weighted by molar-refractivity contribution is -0.384. The Labute approximate surface area is 130 Å². The van der Waals surface area contributed by atoms with Gasteiger partial charge in [-0.25, -0.2) is 0 Å². The average molecular weight is 306 g/mol. The number of rotatable bonds is 7. The number of benzene rings is 1. The number of nitrogens with zero attached hydrogens (tertiary/aromatic N) is 2. The van der Waals surface area contributed by atoms with E-state index in [2.05, 4.69) is 0 Å². The molecule has 1 rings (SSSR count). The van der Waals surface area contributed by atoms with Gasteiger partial charge in [-0.2, -0.15) is 0 Å². The van der Waals surface area contributed by atoms with E-state index in [-0.39, 0.29) is 35.9 Å². The maximum absolute atomic E-state index is 11.9. The molecule has 1 aromatic carbocycles. The van der Waals surface area contributed by atoms with Crippen molar-refractivity contribution in [3.63, 3.8) is 0 Å². The van der Waals surface area contributed by atoms with Crippen LogP contribution in [0.1, 0.15) is 33.3 Å². The van der Waals surface area contributed by atoms with Crippen molar-refractivity contribution < 1.29 is 14.5 Å². The van der Waals surface area contributed by atoms with Crippen LogP contribution in [0, 0.1) is 16.0 Å². The Morgan fingerprint density at radius 1 is 1.27 bits per heavy atom. The Morgan fingerprint density at radius 3 is 2.41 bits per heavy atom. The van der Waals surface area contributed by atoms with Crippen molar-refractivity contribution in [1.29, 1.82) is 0 Å². The van der Waals surface area contributed by atoms with Gasteiger partial charge in [-0.05, 0) is 18.9 Å². The van der Waals surface area contributed by atoms with Gasteiger partial charge in [-0.1, -0.05) is 26.0 Å². The monoisotopic (exact) mass is 306 g/mol. The Morgan fingerprint density at radius 2 is 1.91 bits per heavy atom. The fourth-order valence-electron chi connectivity index (χ4n) is 2.18. The lowest BCUT2D eigenvalue weighted by Gasteiger charge is -2.28. The number of ketones is 1. The largest absolute Gasteiger partial charge is 0.333 e. The van der Waals surface area contributed by atoms with Crippen LogP contribution in [0.15, 0.2) is 24.3 Å². The van der Waals surface area contributed by atoms with Gasteiger partial charge in [0.05, 0.1) is 11.5 Å². The molecule has 22 heavy (non-hydrogen) atoms. The molecule has 0 heterocycles. The molecule has 1 amide bonds. The fraction of sp³-hybridized carbons (Fsp3) is 0.500. The summed E-state index contributed by atoms with van der Waals surface area (Å²) in [6.45, 7) is 6.94. The van der Waals surface area contributed by atoms with Gasteiger partial charge >= 0.3 is 0 Å². The summed E-state index contributed by atoms with van der Waals surface area (Å²) in [5.74, 6) is -0.306. The molecule has 120 valence electrons. The van der Waals surface area contributed by atoms with Crippen LogP contribution < -0.4 is 0 Å². The molecule has 0 spiro atoms. The van der Waals surface area contributed by atoms with Crippen molar-refractivity contribution in [1.82, 2.24) is 4.90 Å². The van der Waals surface area contributed by atoms with Crippen LogP contribution in [-0.4, -0.2) is 34.1 Å². The number of nitro benzene ring substituents is 1. The Hall–Kier alpha value is -2.24. The molecule has 1 aromatic rings. The molecular formula is C16H22N2O4. The number of Topliss-reactive ketones (excluding diaryl/α,β-unsaturated/α-hetero) is 1. The van der Waals surface area contributed by atoms with E-state index in [9.17, 15) is 19.7 Å². The van der Waals surface area contributed by atoms with Crippen molar-refractivity contribution in [2.24, 2.45) is 5.92 Å². The molecule has 0 fully saturated rings. The highest BCUT2D eigenvalue weighted by Crippen LogP contribution is 2.16. The first-order chi connectivity index (χ1) is 10.2. The van der Waals surface area contributed by atoms with Gasteiger partial charge in [0, 0.05) is 31.0 Å². The third-order valence-corrected chi connectivity index (χ3v) is 3.56. The van der Waals surface area contributed by atoms with Crippen molar-refractivity contribution in [2.75, 3.05) is 6.54 Å². The maximum Gasteiger partial charge on any atom is 0.269 e. The quantitative estimate of drug-likeness (QED) is 0.573. The number of carbonyl (C=O) groups is 2. The first kappa shape index (κ1) is 17.8.